The summed E-state index contributed by atoms with van der Waals surface area (Å²) in [6, 6.07) is 7.10. The number of nitrogen functional groups attached to an aromatic ring is 1. The van der Waals surface area contributed by atoms with Crippen LogP contribution in [-0.2, 0) is 11.3 Å². The normalized spacial score (nSPS) is 11.2. The van der Waals surface area contributed by atoms with Crippen LogP contribution in [0.4, 0.5) is 14.5 Å². The maximum Gasteiger partial charge on any atom is 0.261 e. The maximum atomic E-state index is 12.0. The number of alkyl halides is 2. The molecule has 17 heavy (non-hydrogen) atoms. The van der Waals surface area contributed by atoms with Crippen molar-refractivity contribution in [3.8, 4) is 0 Å². The largest absolute Gasteiger partial charge is 0.398 e. The second-order valence-corrected chi connectivity index (χ2v) is 3.62. The van der Waals surface area contributed by atoms with E-state index in [1.807, 2.05) is 6.07 Å². The van der Waals surface area contributed by atoms with E-state index in [4.69, 9.17) is 10.5 Å². The molecule has 5 heteroatoms. The number of pyridine rings is 1. The second kappa shape index (κ2) is 5.05. The fourth-order valence-electron chi connectivity index (χ4n) is 1.63. The molecule has 0 spiro atoms. The summed E-state index contributed by atoms with van der Waals surface area (Å²) in [5.74, 6) is 0. The minimum Gasteiger partial charge on any atom is -0.398 e. The molecule has 1 aromatic heterocycles. The van der Waals surface area contributed by atoms with Gasteiger partial charge in [-0.05, 0) is 18.2 Å². The number of hydrogen-bond acceptors (Lipinski definition) is 3. The van der Waals surface area contributed by atoms with Crippen molar-refractivity contribution in [2.45, 2.75) is 13.0 Å². The second-order valence-electron chi connectivity index (χ2n) is 3.62. The van der Waals surface area contributed by atoms with E-state index < -0.39 is 13.0 Å². The SMILES string of the molecule is Nc1ccc(COCC(F)F)c2ncccc12. The molecule has 1 heterocycles. The lowest BCUT2D eigenvalue weighted by molar-refractivity contribution is 0.0102. The lowest BCUT2D eigenvalue weighted by Crippen LogP contribution is -2.05. The highest BCUT2D eigenvalue weighted by Crippen LogP contribution is 2.23. The highest BCUT2D eigenvalue weighted by Gasteiger charge is 2.07. The van der Waals surface area contributed by atoms with Crippen LogP contribution in [0.25, 0.3) is 10.9 Å². The van der Waals surface area contributed by atoms with E-state index in [-0.39, 0.29) is 6.61 Å². The zero-order valence-corrected chi connectivity index (χ0v) is 9.07. The van der Waals surface area contributed by atoms with Crippen molar-refractivity contribution in [3.63, 3.8) is 0 Å². The molecule has 0 amide bonds. The number of hydrogen-bond donors (Lipinski definition) is 1. The van der Waals surface area contributed by atoms with Crippen LogP contribution < -0.4 is 5.73 Å². The van der Waals surface area contributed by atoms with Gasteiger partial charge in [-0.1, -0.05) is 6.07 Å². The van der Waals surface area contributed by atoms with Gasteiger partial charge in [0.15, 0.2) is 0 Å². The molecule has 1 aromatic carbocycles. The highest BCUT2D eigenvalue weighted by molar-refractivity contribution is 5.92. The lowest BCUT2D eigenvalue weighted by Gasteiger charge is -2.08. The Bertz CT molecular complexity index is 517. The average Bonchev–Trinajstić information content (AvgIpc) is 2.32. The van der Waals surface area contributed by atoms with Crippen LogP contribution in [0.15, 0.2) is 30.5 Å². The molecule has 0 radical (unpaired) electrons. The third-order valence-corrected chi connectivity index (χ3v) is 2.39. The first-order valence-electron chi connectivity index (χ1n) is 5.16. The molecular formula is C12H12F2N2O. The van der Waals surface area contributed by atoms with Gasteiger partial charge in [0.1, 0.15) is 6.61 Å². The minimum absolute atomic E-state index is 0.109. The number of fused-ring (bicyclic) bond motifs is 1. The molecule has 90 valence electrons. The number of benzene rings is 1. The summed E-state index contributed by atoms with van der Waals surface area (Å²) < 4.78 is 28.8. The Morgan fingerprint density at radius 3 is 2.88 bits per heavy atom. The number of aromatic nitrogens is 1. The van der Waals surface area contributed by atoms with Crippen molar-refractivity contribution in [3.05, 3.63) is 36.0 Å². The van der Waals surface area contributed by atoms with Crippen molar-refractivity contribution in [2.24, 2.45) is 0 Å². The first kappa shape index (κ1) is 11.7. The van der Waals surface area contributed by atoms with Crippen LogP contribution in [0.5, 0.6) is 0 Å². The van der Waals surface area contributed by atoms with Crippen molar-refractivity contribution in [1.29, 1.82) is 0 Å². The summed E-state index contributed by atoms with van der Waals surface area (Å²) >= 11 is 0. The summed E-state index contributed by atoms with van der Waals surface area (Å²) in [5.41, 5.74) is 7.87. The number of nitrogens with two attached hydrogens (primary N) is 1. The minimum atomic E-state index is -2.46. The van der Waals surface area contributed by atoms with Crippen LogP contribution >= 0.6 is 0 Å². The molecule has 0 fully saturated rings. The molecule has 0 atom stereocenters. The molecule has 3 nitrogen and oxygen atoms in total. The lowest BCUT2D eigenvalue weighted by atomic mass is 10.1. The maximum absolute atomic E-state index is 12.0. The number of rotatable bonds is 4. The summed E-state index contributed by atoms with van der Waals surface area (Å²) in [6.07, 6.45) is -0.818. The number of anilines is 1. The van der Waals surface area contributed by atoms with Gasteiger partial charge < -0.3 is 10.5 Å². The standard InChI is InChI=1S/C12H12F2N2O/c13-11(14)7-17-6-8-3-4-10(15)9-2-1-5-16-12(8)9/h1-5,11H,6-7,15H2. The fourth-order valence-corrected chi connectivity index (χ4v) is 1.63. The zero-order valence-electron chi connectivity index (χ0n) is 9.07. The van der Waals surface area contributed by atoms with Gasteiger partial charge in [0.25, 0.3) is 6.43 Å². The number of halogens is 2. The molecular weight excluding hydrogens is 226 g/mol. The van der Waals surface area contributed by atoms with E-state index in [0.717, 1.165) is 10.9 Å². The third-order valence-electron chi connectivity index (χ3n) is 2.39. The number of ether oxygens (including phenoxy) is 1. The summed E-state index contributed by atoms with van der Waals surface area (Å²) in [4.78, 5) is 4.19. The quantitative estimate of drug-likeness (QED) is 0.833. The van der Waals surface area contributed by atoms with E-state index in [2.05, 4.69) is 4.98 Å². The topological polar surface area (TPSA) is 48.1 Å². The van der Waals surface area contributed by atoms with Gasteiger partial charge in [-0.2, -0.15) is 0 Å². The van der Waals surface area contributed by atoms with Crippen LogP contribution in [0, 0.1) is 0 Å². The van der Waals surface area contributed by atoms with E-state index >= 15 is 0 Å². The zero-order chi connectivity index (χ0) is 12.3. The smallest absolute Gasteiger partial charge is 0.261 e. The Labute approximate surface area is 97.2 Å². The molecule has 2 aromatic rings. The first-order chi connectivity index (χ1) is 8.18. The van der Waals surface area contributed by atoms with Crippen molar-refractivity contribution in [2.75, 3.05) is 12.3 Å². The molecule has 0 unspecified atom stereocenters. The van der Waals surface area contributed by atoms with Crippen LogP contribution in [0.2, 0.25) is 0 Å². The van der Waals surface area contributed by atoms with Crippen LogP contribution in [-0.4, -0.2) is 18.0 Å². The summed E-state index contributed by atoms with van der Waals surface area (Å²) in [5, 5.41) is 0.811. The van der Waals surface area contributed by atoms with Gasteiger partial charge in [0, 0.05) is 22.8 Å². The van der Waals surface area contributed by atoms with Crippen molar-refractivity contribution in [1.82, 2.24) is 4.98 Å². The van der Waals surface area contributed by atoms with Crippen molar-refractivity contribution < 1.29 is 13.5 Å². The van der Waals surface area contributed by atoms with E-state index in [1.165, 1.54) is 0 Å². The average molecular weight is 238 g/mol. The molecule has 2 rings (SSSR count). The van der Waals surface area contributed by atoms with Gasteiger partial charge in [-0.3, -0.25) is 4.98 Å². The van der Waals surface area contributed by atoms with E-state index in [9.17, 15) is 8.78 Å². The Balaban J connectivity index is 2.26. The molecule has 0 saturated heterocycles. The molecule has 0 aliphatic heterocycles. The molecule has 0 bridgehead atoms. The Morgan fingerprint density at radius 2 is 2.12 bits per heavy atom. The van der Waals surface area contributed by atoms with Gasteiger partial charge >= 0.3 is 0 Å². The van der Waals surface area contributed by atoms with E-state index in [0.29, 0.717) is 11.2 Å². The van der Waals surface area contributed by atoms with Crippen LogP contribution in [0.1, 0.15) is 5.56 Å². The van der Waals surface area contributed by atoms with Gasteiger partial charge in [0.2, 0.25) is 0 Å². The van der Waals surface area contributed by atoms with Crippen molar-refractivity contribution >= 4 is 16.6 Å². The Kier molecular flexibility index (Phi) is 3.49. The van der Waals surface area contributed by atoms with Gasteiger partial charge in [0.05, 0.1) is 12.1 Å². The molecule has 0 saturated carbocycles. The molecule has 0 aliphatic carbocycles. The Hall–Kier alpha value is -1.75. The Morgan fingerprint density at radius 1 is 1.29 bits per heavy atom. The summed E-state index contributed by atoms with van der Waals surface area (Å²) in [6.45, 7) is -0.461. The fraction of sp³-hybridized carbons (Fsp3) is 0.250. The predicted octanol–water partition coefficient (Wildman–Crippen LogP) is 2.60. The van der Waals surface area contributed by atoms with Gasteiger partial charge in [-0.15, -0.1) is 0 Å². The van der Waals surface area contributed by atoms with Gasteiger partial charge in [-0.25, -0.2) is 8.78 Å². The summed E-state index contributed by atoms with van der Waals surface area (Å²) in [7, 11) is 0. The van der Waals surface area contributed by atoms with Crippen LogP contribution in [0.3, 0.4) is 0 Å². The first-order valence-corrected chi connectivity index (χ1v) is 5.16. The van der Waals surface area contributed by atoms with E-state index in [1.54, 1.807) is 24.4 Å². The highest BCUT2D eigenvalue weighted by atomic mass is 19.3. The number of nitrogens with zero attached hydrogens (tertiary/aromatic N) is 1. The molecule has 0 aliphatic rings. The monoisotopic (exact) mass is 238 g/mol. The molecule has 2 N–H and O–H groups in total. The third kappa shape index (κ3) is 2.68. The predicted molar refractivity (Wildman–Crippen MR) is 61.8 cm³/mol.